The van der Waals surface area contributed by atoms with Crippen LogP contribution >= 0.6 is 12.2 Å². The first kappa shape index (κ1) is 17.0. The molecule has 4 rings (SSSR count). The van der Waals surface area contributed by atoms with Crippen molar-refractivity contribution >= 4 is 45.7 Å². The zero-order valence-corrected chi connectivity index (χ0v) is 15.1. The van der Waals surface area contributed by atoms with E-state index in [1.807, 2.05) is 6.07 Å². The molecule has 1 aliphatic heterocycles. The van der Waals surface area contributed by atoms with E-state index in [4.69, 9.17) is 12.2 Å². The van der Waals surface area contributed by atoms with Crippen LogP contribution in [0.2, 0.25) is 0 Å². The number of aromatic nitrogens is 2. The van der Waals surface area contributed by atoms with Gasteiger partial charge in [0, 0.05) is 0 Å². The number of amides is 2. The van der Waals surface area contributed by atoms with E-state index in [1.54, 1.807) is 55.5 Å². The number of hydrogen-bond acceptors (Lipinski definition) is 5. The molecule has 1 fully saturated rings. The summed E-state index contributed by atoms with van der Waals surface area (Å²) in [5.41, 5.74) is 0.642. The number of benzene rings is 2. The number of fused-ring (bicyclic) bond motifs is 1. The lowest BCUT2D eigenvalue weighted by Gasteiger charge is -2.36. The van der Waals surface area contributed by atoms with E-state index in [1.165, 1.54) is 4.90 Å². The molecule has 1 saturated heterocycles. The van der Waals surface area contributed by atoms with Crippen LogP contribution in [0.1, 0.15) is 12.2 Å². The SMILES string of the molecule is Cc1nc2ccccc2c(=O)n1N1C(=O)CC(=O)N(c2ccccc2)C1=S. The predicted octanol–water partition coefficient (Wildman–Crippen LogP) is 1.89. The van der Waals surface area contributed by atoms with E-state index >= 15 is 0 Å². The van der Waals surface area contributed by atoms with Crippen molar-refractivity contribution in [3.63, 3.8) is 0 Å². The number of rotatable bonds is 2. The van der Waals surface area contributed by atoms with Gasteiger partial charge in [0.15, 0.2) is 0 Å². The van der Waals surface area contributed by atoms with Gasteiger partial charge in [0.05, 0.1) is 16.6 Å². The van der Waals surface area contributed by atoms with Crippen LogP contribution in [0.4, 0.5) is 5.69 Å². The molecule has 0 N–H and O–H groups in total. The van der Waals surface area contributed by atoms with Gasteiger partial charge in [-0.05, 0) is 43.4 Å². The molecule has 0 unspecified atom stereocenters. The summed E-state index contributed by atoms with van der Waals surface area (Å²) in [6, 6.07) is 15.6. The van der Waals surface area contributed by atoms with Gasteiger partial charge in [0.2, 0.25) is 11.0 Å². The van der Waals surface area contributed by atoms with Gasteiger partial charge in [0.1, 0.15) is 12.2 Å². The fourth-order valence-corrected chi connectivity index (χ4v) is 3.48. The molecule has 0 radical (unpaired) electrons. The maximum atomic E-state index is 13.0. The largest absolute Gasteiger partial charge is 0.280 e. The quantitative estimate of drug-likeness (QED) is 0.503. The molecule has 2 heterocycles. The number of para-hydroxylation sites is 2. The average Bonchev–Trinajstić information content (AvgIpc) is 2.65. The molecule has 3 aromatic rings. The minimum absolute atomic E-state index is 0.0790. The Morgan fingerprint density at radius 3 is 2.33 bits per heavy atom. The van der Waals surface area contributed by atoms with Crippen LogP contribution in [-0.4, -0.2) is 26.6 Å². The van der Waals surface area contributed by atoms with Crippen molar-refractivity contribution in [2.24, 2.45) is 0 Å². The van der Waals surface area contributed by atoms with Crippen LogP contribution in [0.15, 0.2) is 59.4 Å². The first-order chi connectivity index (χ1) is 13.0. The van der Waals surface area contributed by atoms with E-state index in [0.717, 1.165) is 9.69 Å². The third-order valence-corrected chi connectivity index (χ3v) is 4.65. The molecule has 0 saturated carbocycles. The monoisotopic (exact) mass is 378 g/mol. The summed E-state index contributed by atoms with van der Waals surface area (Å²) in [4.78, 5) is 43.8. The van der Waals surface area contributed by atoms with Crippen LogP contribution in [-0.2, 0) is 9.59 Å². The molecular weight excluding hydrogens is 364 g/mol. The van der Waals surface area contributed by atoms with Crippen LogP contribution < -0.4 is 15.5 Å². The molecule has 27 heavy (non-hydrogen) atoms. The molecule has 7 nitrogen and oxygen atoms in total. The van der Waals surface area contributed by atoms with Crippen molar-refractivity contribution in [3.05, 3.63) is 70.8 Å². The number of carbonyl (C=O) groups is 2. The Labute approximate surface area is 159 Å². The topological polar surface area (TPSA) is 75.5 Å². The summed E-state index contributed by atoms with van der Waals surface area (Å²) in [5, 5.41) is 1.34. The van der Waals surface area contributed by atoms with Gasteiger partial charge in [-0.2, -0.15) is 9.69 Å². The van der Waals surface area contributed by atoms with Crippen LogP contribution in [0, 0.1) is 6.92 Å². The second kappa shape index (κ2) is 6.40. The van der Waals surface area contributed by atoms with Gasteiger partial charge in [-0.25, -0.2) is 4.98 Å². The molecular formula is C19H14N4O3S. The highest BCUT2D eigenvalue weighted by molar-refractivity contribution is 7.81. The summed E-state index contributed by atoms with van der Waals surface area (Å²) >= 11 is 5.43. The summed E-state index contributed by atoms with van der Waals surface area (Å²) in [7, 11) is 0. The lowest BCUT2D eigenvalue weighted by Crippen LogP contribution is -2.62. The van der Waals surface area contributed by atoms with Gasteiger partial charge >= 0.3 is 0 Å². The van der Waals surface area contributed by atoms with E-state index < -0.39 is 23.8 Å². The molecule has 1 aromatic heterocycles. The summed E-state index contributed by atoms with van der Waals surface area (Å²) in [6.07, 6.45) is -0.395. The van der Waals surface area contributed by atoms with Crippen LogP contribution in [0.3, 0.4) is 0 Å². The van der Waals surface area contributed by atoms with E-state index in [0.29, 0.717) is 22.4 Å². The number of aryl methyl sites for hydroxylation is 1. The van der Waals surface area contributed by atoms with E-state index in [2.05, 4.69) is 4.98 Å². The Morgan fingerprint density at radius 1 is 0.926 bits per heavy atom. The number of thiocarbonyl (C=S) groups is 1. The maximum Gasteiger partial charge on any atom is 0.280 e. The molecule has 2 amide bonds. The predicted molar refractivity (Wildman–Crippen MR) is 105 cm³/mol. The lowest BCUT2D eigenvalue weighted by molar-refractivity contribution is -0.127. The second-order valence-corrected chi connectivity index (χ2v) is 6.39. The highest BCUT2D eigenvalue weighted by Gasteiger charge is 2.38. The van der Waals surface area contributed by atoms with Gasteiger partial charge in [0.25, 0.3) is 11.5 Å². The average molecular weight is 378 g/mol. The minimum Gasteiger partial charge on any atom is -0.273 e. The zero-order valence-electron chi connectivity index (χ0n) is 14.3. The fourth-order valence-electron chi connectivity index (χ4n) is 3.09. The molecule has 1 aliphatic rings. The first-order valence-corrected chi connectivity index (χ1v) is 8.63. The zero-order chi connectivity index (χ0) is 19.1. The van der Waals surface area contributed by atoms with Crippen molar-refractivity contribution in [3.8, 4) is 0 Å². The van der Waals surface area contributed by atoms with Crippen molar-refractivity contribution < 1.29 is 9.59 Å². The molecule has 0 spiro atoms. The van der Waals surface area contributed by atoms with Crippen LogP contribution in [0.25, 0.3) is 10.9 Å². The summed E-state index contributed by atoms with van der Waals surface area (Å²) in [6.45, 7) is 1.62. The summed E-state index contributed by atoms with van der Waals surface area (Å²) in [5.74, 6) is -0.705. The molecule has 2 aromatic carbocycles. The Hall–Kier alpha value is -3.39. The molecule has 0 atom stereocenters. The van der Waals surface area contributed by atoms with Crippen molar-refractivity contribution in [2.75, 3.05) is 9.91 Å². The van der Waals surface area contributed by atoms with Gasteiger partial charge in [-0.15, -0.1) is 0 Å². The Bertz CT molecular complexity index is 1160. The molecule has 0 bridgehead atoms. The van der Waals surface area contributed by atoms with Gasteiger partial charge in [-0.1, -0.05) is 30.3 Å². The highest BCUT2D eigenvalue weighted by Crippen LogP contribution is 2.21. The standard InChI is InChI=1S/C19H14N4O3S/c1-12-20-15-10-6-5-9-14(15)18(26)22(12)23-17(25)11-16(24)21(19(23)27)13-7-3-2-4-8-13/h2-10H,11H2,1H3. The number of nitrogens with zero attached hydrogens (tertiary/aromatic N) is 4. The normalized spacial score (nSPS) is 14.9. The van der Waals surface area contributed by atoms with Crippen molar-refractivity contribution in [2.45, 2.75) is 13.3 Å². The van der Waals surface area contributed by atoms with E-state index in [-0.39, 0.29) is 5.11 Å². The van der Waals surface area contributed by atoms with E-state index in [9.17, 15) is 14.4 Å². The minimum atomic E-state index is -0.570. The van der Waals surface area contributed by atoms with Gasteiger partial charge < -0.3 is 0 Å². The number of anilines is 1. The number of hydrogen-bond donors (Lipinski definition) is 0. The third kappa shape index (κ3) is 2.70. The lowest BCUT2D eigenvalue weighted by atomic mass is 10.2. The second-order valence-electron chi connectivity index (χ2n) is 6.02. The van der Waals surface area contributed by atoms with Crippen molar-refractivity contribution in [1.82, 2.24) is 9.66 Å². The molecule has 8 heteroatoms. The Balaban J connectivity index is 1.89. The highest BCUT2D eigenvalue weighted by atomic mass is 32.1. The van der Waals surface area contributed by atoms with Gasteiger partial charge in [-0.3, -0.25) is 19.3 Å². The molecule has 134 valence electrons. The Morgan fingerprint density at radius 2 is 1.59 bits per heavy atom. The molecule has 0 aliphatic carbocycles. The van der Waals surface area contributed by atoms with Crippen molar-refractivity contribution in [1.29, 1.82) is 0 Å². The number of carbonyl (C=O) groups excluding carboxylic acids is 2. The maximum absolute atomic E-state index is 13.0. The summed E-state index contributed by atoms with van der Waals surface area (Å²) < 4.78 is 1.13. The smallest absolute Gasteiger partial charge is 0.273 e. The first-order valence-electron chi connectivity index (χ1n) is 8.22. The third-order valence-electron chi connectivity index (χ3n) is 4.29. The fraction of sp³-hybridized carbons (Fsp3) is 0.105. The van der Waals surface area contributed by atoms with Crippen LogP contribution in [0.5, 0.6) is 0 Å². The Kier molecular flexibility index (Phi) is 4.04.